The Hall–Kier alpha value is -3.66. The largest absolute Gasteiger partial charge is 0.399 e. The fourth-order valence-corrected chi connectivity index (χ4v) is 1.90. The summed E-state index contributed by atoms with van der Waals surface area (Å²) in [5.74, 6) is -0.513. The molecule has 0 bridgehead atoms. The molecule has 1 aromatic heterocycles. The van der Waals surface area contributed by atoms with Crippen LogP contribution in [0.4, 0.5) is 0 Å². The van der Waals surface area contributed by atoms with Crippen molar-refractivity contribution >= 4 is 18.1 Å². The molecule has 0 aliphatic carbocycles. The Bertz CT molecular complexity index is 930. The van der Waals surface area contributed by atoms with E-state index in [2.05, 4.69) is 30.6 Å². The van der Waals surface area contributed by atoms with Gasteiger partial charge in [0.25, 0.3) is 5.91 Å². The average molecular weight is 448 g/mol. The van der Waals surface area contributed by atoms with Gasteiger partial charge in [-0.05, 0) is 63.5 Å². The lowest BCUT2D eigenvalue weighted by molar-refractivity contribution is 0.0995. The molecule has 2 rings (SSSR count). The van der Waals surface area contributed by atoms with E-state index in [1.165, 1.54) is 5.56 Å². The first kappa shape index (κ1) is 31.5. The Balaban J connectivity index is 0. The summed E-state index contributed by atoms with van der Waals surface area (Å²) in [5.41, 5.74) is 15.7. The van der Waals surface area contributed by atoms with Crippen LogP contribution in [0.3, 0.4) is 0 Å². The lowest BCUT2D eigenvalue weighted by Crippen LogP contribution is -2.12. The van der Waals surface area contributed by atoms with Crippen LogP contribution >= 0.6 is 0 Å². The van der Waals surface area contributed by atoms with Crippen molar-refractivity contribution in [3.8, 4) is 0 Å². The normalized spacial score (nSPS) is 10.6. The molecular weight excluding hydrogens is 406 g/mol. The molecule has 33 heavy (non-hydrogen) atoms. The molecule has 4 heteroatoms. The predicted molar refractivity (Wildman–Crippen MR) is 147 cm³/mol. The summed E-state index contributed by atoms with van der Waals surface area (Å²) in [6.07, 6.45) is 15.3. The number of allylic oxidation sites excluding steroid dienone is 6. The van der Waals surface area contributed by atoms with Crippen molar-refractivity contribution in [3.05, 3.63) is 113 Å². The number of hydrogen-bond donors (Lipinski definition) is 2. The number of rotatable bonds is 5. The minimum atomic E-state index is -0.513. The highest BCUT2D eigenvalue weighted by atomic mass is 16.1. The van der Waals surface area contributed by atoms with Crippen LogP contribution in [0.15, 0.2) is 90.8 Å². The fraction of sp³-hybridized carbons (Fsp3) is 0.241. The molecule has 1 amide bonds. The van der Waals surface area contributed by atoms with Crippen molar-refractivity contribution in [2.75, 3.05) is 0 Å². The lowest BCUT2D eigenvalue weighted by atomic mass is 10.1. The first-order valence-corrected chi connectivity index (χ1v) is 11.1. The molecule has 2 aromatic rings. The molecular formula is C29H41N3O. The van der Waals surface area contributed by atoms with Crippen LogP contribution in [0.25, 0.3) is 12.2 Å². The first-order chi connectivity index (χ1) is 15.7. The molecule has 0 unspecified atom stereocenters. The van der Waals surface area contributed by atoms with Gasteiger partial charge in [-0.25, -0.2) is 0 Å². The minimum Gasteiger partial charge on any atom is -0.399 e. The zero-order valence-corrected chi connectivity index (χ0v) is 21.3. The number of aryl methyl sites for hydroxylation is 1. The van der Waals surface area contributed by atoms with E-state index in [4.69, 9.17) is 11.5 Å². The van der Waals surface area contributed by atoms with Crippen molar-refractivity contribution in [2.24, 2.45) is 11.5 Å². The van der Waals surface area contributed by atoms with Gasteiger partial charge in [0, 0.05) is 11.9 Å². The maximum absolute atomic E-state index is 11.0. The molecule has 4 N–H and O–H groups in total. The smallest absolute Gasteiger partial charge is 0.267 e. The van der Waals surface area contributed by atoms with Gasteiger partial charge in [0.05, 0.1) is 0 Å². The van der Waals surface area contributed by atoms with Crippen molar-refractivity contribution in [2.45, 2.75) is 48.5 Å². The minimum absolute atomic E-state index is 0.279. The van der Waals surface area contributed by atoms with Crippen molar-refractivity contribution < 1.29 is 4.79 Å². The number of primary amides is 1. The van der Waals surface area contributed by atoms with E-state index in [1.54, 1.807) is 12.3 Å². The first-order valence-electron chi connectivity index (χ1n) is 11.1. The second kappa shape index (κ2) is 20.3. The molecule has 1 heterocycles. The van der Waals surface area contributed by atoms with E-state index in [1.807, 2.05) is 102 Å². The molecule has 0 saturated heterocycles. The number of hydrogen-bond acceptors (Lipinski definition) is 3. The van der Waals surface area contributed by atoms with Gasteiger partial charge in [-0.1, -0.05) is 92.8 Å². The molecule has 0 aliphatic rings. The second-order valence-corrected chi connectivity index (χ2v) is 6.65. The number of pyridine rings is 1. The summed E-state index contributed by atoms with van der Waals surface area (Å²) < 4.78 is 0. The third-order valence-electron chi connectivity index (χ3n) is 3.96. The standard InChI is InChI=1S/C15H14N2O.C8H13N.C4H8.C2H6/c1-11-2-4-12(5-3-11)6-7-13-8-9-17-14(10-13)15(16)18;1-4-5-6-7(2)8(3)9;1-3-4-2;1-2/h2-10H,1H3,(H2,16,18);4-6H,3,9H2,1-2H3;3-4H,1-2H3;1-2H3/b7-6+;5-4-,7-6+;4-3-;. The van der Waals surface area contributed by atoms with Crippen LogP contribution in [0.5, 0.6) is 0 Å². The zero-order valence-electron chi connectivity index (χ0n) is 21.3. The lowest BCUT2D eigenvalue weighted by Gasteiger charge is -1.97. The molecule has 0 radical (unpaired) electrons. The third kappa shape index (κ3) is 16.7. The Kier molecular flexibility index (Phi) is 19.3. The Morgan fingerprint density at radius 3 is 1.91 bits per heavy atom. The maximum atomic E-state index is 11.0. The van der Waals surface area contributed by atoms with E-state index in [-0.39, 0.29) is 5.69 Å². The summed E-state index contributed by atoms with van der Waals surface area (Å²) in [5, 5.41) is 0. The number of amides is 1. The summed E-state index contributed by atoms with van der Waals surface area (Å²) in [6, 6.07) is 11.7. The number of nitrogens with zero attached hydrogens (tertiary/aromatic N) is 1. The quantitative estimate of drug-likeness (QED) is 0.374. The summed E-state index contributed by atoms with van der Waals surface area (Å²) in [6.45, 7) is 17.5. The molecule has 4 nitrogen and oxygen atoms in total. The zero-order chi connectivity index (χ0) is 25.6. The number of carbonyl (C=O) groups excluding carboxylic acids is 1. The number of carbonyl (C=O) groups is 1. The van der Waals surface area contributed by atoms with Crippen molar-refractivity contribution in [1.82, 2.24) is 4.98 Å². The van der Waals surface area contributed by atoms with Crippen LogP contribution in [0, 0.1) is 6.92 Å². The highest BCUT2D eigenvalue weighted by molar-refractivity contribution is 5.91. The van der Waals surface area contributed by atoms with Gasteiger partial charge < -0.3 is 11.5 Å². The predicted octanol–water partition coefficient (Wildman–Crippen LogP) is 7.25. The van der Waals surface area contributed by atoms with E-state index < -0.39 is 5.91 Å². The monoisotopic (exact) mass is 447 g/mol. The Labute approximate surface area is 201 Å². The van der Waals surface area contributed by atoms with E-state index >= 15 is 0 Å². The van der Waals surface area contributed by atoms with Gasteiger partial charge in [0.2, 0.25) is 0 Å². The summed E-state index contributed by atoms with van der Waals surface area (Å²) >= 11 is 0. The van der Waals surface area contributed by atoms with E-state index in [9.17, 15) is 4.79 Å². The van der Waals surface area contributed by atoms with E-state index in [0.29, 0.717) is 5.70 Å². The summed E-state index contributed by atoms with van der Waals surface area (Å²) in [7, 11) is 0. The highest BCUT2D eigenvalue weighted by Crippen LogP contribution is 2.10. The van der Waals surface area contributed by atoms with Gasteiger partial charge in [0.15, 0.2) is 0 Å². The number of nitrogens with two attached hydrogens (primary N) is 2. The van der Waals surface area contributed by atoms with Gasteiger partial charge in [0.1, 0.15) is 5.69 Å². The molecule has 178 valence electrons. The van der Waals surface area contributed by atoms with Crippen LogP contribution in [0.2, 0.25) is 0 Å². The molecule has 0 atom stereocenters. The molecule has 1 aromatic carbocycles. The Morgan fingerprint density at radius 2 is 1.45 bits per heavy atom. The topological polar surface area (TPSA) is 82.0 Å². The van der Waals surface area contributed by atoms with Crippen LogP contribution in [-0.2, 0) is 0 Å². The van der Waals surface area contributed by atoms with Crippen molar-refractivity contribution in [1.29, 1.82) is 0 Å². The van der Waals surface area contributed by atoms with Gasteiger partial charge in [-0.15, -0.1) is 0 Å². The van der Waals surface area contributed by atoms with Crippen LogP contribution in [-0.4, -0.2) is 10.9 Å². The fourth-order valence-electron chi connectivity index (χ4n) is 1.90. The average Bonchev–Trinajstić information content (AvgIpc) is 2.84. The molecule has 0 aliphatic heterocycles. The highest BCUT2D eigenvalue weighted by Gasteiger charge is 2.00. The molecule has 0 saturated carbocycles. The van der Waals surface area contributed by atoms with Gasteiger partial charge >= 0.3 is 0 Å². The number of benzene rings is 1. The SMILES string of the molecule is C/C=C\C.C=C(N)/C(C)=C/C=C\C.CC.Cc1ccc(/C=C/c2ccnc(C(N)=O)c2)cc1. The van der Waals surface area contributed by atoms with Gasteiger partial charge in [-0.2, -0.15) is 0 Å². The summed E-state index contributed by atoms with van der Waals surface area (Å²) in [4.78, 5) is 14.9. The van der Waals surface area contributed by atoms with Gasteiger partial charge in [-0.3, -0.25) is 9.78 Å². The Morgan fingerprint density at radius 1 is 0.909 bits per heavy atom. The maximum Gasteiger partial charge on any atom is 0.267 e. The second-order valence-electron chi connectivity index (χ2n) is 6.65. The van der Waals surface area contributed by atoms with Crippen LogP contribution in [0.1, 0.15) is 68.7 Å². The molecule has 0 spiro atoms. The van der Waals surface area contributed by atoms with E-state index in [0.717, 1.165) is 16.7 Å². The van der Waals surface area contributed by atoms with Crippen molar-refractivity contribution in [3.63, 3.8) is 0 Å². The van der Waals surface area contributed by atoms with Crippen LogP contribution < -0.4 is 11.5 Å². The number of aromatic nitrogens is 1. The third-order valence-corrected chi connectivity index (χ3v) is 3.96. The molecule has 0 fully saturated rings.